The summed E-state index contributed by atoms with van der Waals surface area (Å²) < 4.78 is 4.91. The molecule has 0 heterocycles. The zero-order valence-electron chi connectivity index (χ0n) is 7.36. The lowest BCUT2D eigenvalue weighted by atomic mass is 8.94. The van der Waals surface area contributed by atoms with Gasteiger partial charge in [0.1, 0.15) is 0 Å². The molecule has 6 rings (SSSR count). The number of carbonyl (C=O) groups is 1. The van der Waals surface area contributed by atoms with Gasteiger partial charge in [0.2, 0.25) is 0 Å². The number of ether oxygens (including phenoxy) is 1. The van der Waals surface area contributed by atoms with Crippen LogP contribution in [0, 0.1) is 40.9 Å². The number of nitrogens with two attached hydrogens (primary N) is 1. The zero-order chi connectivity index (χ0) is 8.75. The van der Waals surface area contributed by atoms with Crippen molar-refractivity contribution >= 4 is 5.97 Å². The third-order valence-corrected chi connectivity index (χ3v) is 6.20. The molecule has 6 saturated carbocycles. The average molecular weight is 177 g/mol. The molecule has 0 aliphatic heterocycles. The van der Waals surface area contributed by atoms with Crippen LogP contribution in [-0.4, -0.2) is 18.6 Å². The summed E-state index contributed by atoms with van der Waals surface area (Å²) in [5.41, 5.74) is 6.31. The van der Waals surface area contributed by atoms with Gasteiger partial charge in [-0.05, 0) is 35.5 Å². The molecule has 6 fully saturated rings. The molecule has 8 atom stereocenters. The maximum absolute atomic E-state index is 11.7. The van der Waals surface area contributed by atoms with Crippen LogP contribution in [0.1, 0.15) is 0 Å². The fraction of sp³-hybridized carbons (Fsp3) is 0.900. The standard InChI is InChI=1S/C10H11NO2/c1-13-8(12)9-4-2-5-3(4)7(9)10(5,11)6(2)9/h2-7H,11H2,1H3/t2-,3-,4?,5?,6-,7+,9?,10?/m1/s1. The van der Waals surface area contributed by atoms with Crippen LogP contribution in [0.4, 0.5) is 0 Å². The monoisotopic (exact) mass is 177 g/mol. The number of rotatable bonds is 1. The number of hydrogen-bond donors (Lipinski definition) is 1. The molecule has 6 aliphatic rings. The quantitative estimate of drug-likeness (QED) is 0.555. The van der Waals surface area contributed by atoms with Gasteiger partial charge in [-0.25, -0.2) is 0 Å². The van der Waals surface area contributed by atoms with E-state index in [-0.39, 0.29) is 16.9 Å². The summed E-state index contributed by atoms with van der Waals surface area (Å²) in [4.78, 5) is 11.7. The van der Waals surface area contributed by atoms with Crippen molar-refractivity contribution in [2.45, 2.75) is 5.54 Å². The van der Waals surface area contributed by atoms with E-state index < -0.39 is 0 Å². The molecule has 3 heteroatoms. The first-order chi connectivity index (χ1) is 6.21. The van der Waals surface area contributed by atoms with E-state index in [2.05, 4.69) is 0 Å². The van der Waals surface area contributed by atoms with Crippen LogP contribution in [0.5, 0.6) is 0 Å². The maximum atomic E-state index is 11.7. The van der Waals surface area contributed by atoms with Crippen LogP contribution in [0.15, 0.2) is 0 Å². The normalized spacial score (nSPS) is 82.0. The van der Waals surface area contributed by atoms with E-state index >= 15 is 0 Å². The Labute approximate surface area is 75.6 Å². The Bertz CT molecular complexity index is 370. The van der Waals surface area contributed by atoms with Gasteiger partial charge in [-0.3, -0.25) is 4.79 Å². The molecule has 0 aromatic carbocycles. The molecule has 0 saturated heterocycles. The maximum Gasteiger partial charge on any atom is 0.312 e. The largest absolute Gasteiger partial charge is 0.469 e. The summed E-state index contributed by atoms with van der Waals surface area (Å²) in [5, 5.41) is 0. The molecule has 0 amide bonds. The molecule has 0 aromatic heterocycles. The van der Waals surface area contributed by atoms with Crippen molar-refractivity contribution in [3.05, 3.63) is 0 Å². The molecule has 0 bridgehead atoms. The molecule has 6 aliphatic carbocycles. The average Bonchev–Trinajstić information content (AvgIpc) is 2.15. The Morgan fingerprint density at radius 1 is 1.31 bits per heavy atom. The van der Waals surface area contributed by atoms with Crippen LogP contribution in [0.25, 0.3) is 0 Å². The van der Waals surface area contributed by atoms with Crippen LogP contribution in [0.3, 0.4) is 0 Å². The predicted octanol–water partition coefficient (Wildman–Crippen LogP) is -0.392. The lowest BCUT2D eigenvalue weighted by Gasteiger charge is -3.09. The fourth-order valence-electron chi connectivity index (χ4n) is 6.29. The lowest BCUT2D eigenvalue weighted by Crippen LogP contribution is -3.16. The molecule has 13 heavy (non-hydrogen) atoms. The first kappa shape index (κ1) is 6.02. The van der Waals surface area contributed by atoms with Crippen molar-refractivity contribution in [3.8, 4) is 0 Å². The van der Waals surface area contributed by atoms with E-state index in [1.54, 1.807) is 0 Å². The van der Waals surface area contributed by atoms with Gasteiger partial charge in [-0.1, -0.05) is 0 Å². The first-order valence-electron chi connectivity index (χ1n) is 5.09. The number of hydrogen-bond acceptors (Lipinski definition) is 3. The summed E-state index contributed by atoms with van der Waals surface area (Å²) in [6, 6.07) is 0. The number of esters is 1. The van der Waals surface area contributed by atoms with Crippen molar-refractivity contribution in [2.75, 3.05) is 7.11 Å². The molecule has 68 valence electrons. The highest BCUT2D eigenvalue weighted by molar-refractivity contribution is 5.89. The van der Waals surface area contributed by atoms with Gasteiger partial charge in [0.25, 0.3) is 0 Å². The highest BCUT2D eigenvalue weighted by atomic mass is 16.5. The predicted molar refractivity (Wildman–Crippen MR) is 42.3 cm³/mol. The molecule has 0 spiro atoms. The van der Waals surface area contributed by atoms with E-state index in [1.165, 1.54) is 7.11 Å². The van der Waals surface area contributed by atoms with Gasteiger partial charge in [0, 0.05) is 5.54 Å². The van der Waals surface area contributed by atoms with Crippen molar-refractivity contribution in [3.63, 3.8) is 0 Å². The SMILES string of the molecule is COC(=O)C12C3[C@@H]4C5[C@@H]3[C@H]1C5(N)[C@@H]42. The van der Waals surface area contributed by atoms with Crippen LogP contribution in [0.2, 0.25) is 0 Å². The fourth-order valence-corrected chi connectivity index (χ4v) is 6.29. The van der Waals surface area contributed by atoms with E-state index in [0.29, 0.717) is 17.8 Å². The third-order valence-electron chi connectivity index (χ3n) is 6.20. The Balaban J connectivity index is 1.68. The van der Waals surface area contributed by atoms with Crippen LogP contribution >= 0.6 is 0 Å². The smallest absolute Gasteiger partial charge is 0.312 e. The van der Waals surface area contributed by atoms with Gasteiger partial charge < -0.3 is 10.5 Å². The topological polar surface area (TPSA) is 52.3 Å². The zero-order valence-corrected chi connectivity index (χ0v) is 7.36. The second-order valence-electron chi connectivity index (χ2n) is 5.59. The summed E-state index contributed by atoms with van der Waals surface area (Å²) in [7, 11) is 1.51. The molecule has 2 N–H and O–H groups in total. The van der Waals surface area contributed by atoms with E-state index in [9.17, 15) is 4.79 Å². The Morgan fingerprint density at radius 2 is 1.92 bits per heavy atom. The third kappa shape index (κ3) is 0.224. The summed E-state index contributed by atoms with van der Waals surface area (Å²) >= 11 is 0. The van der Waals surface area contributed by atoms with Gasteiger partial charge in [0.05, 0.1) is 12.5 Å². The molecule has 0 aromatic rings. The highest BCUT2D eigenvalue weighted by Gasteiger charge is 3.11. The molecular weight excluding hydrogens is 166 g/mol. The number of methoxy groups -OCH3 is 1. The van der Waals surface area contributed by atoms with Gasteiger partial charge >= 0.3 is 5.97 Å². The summed E-state index contributed by atoms with van der Waals surface area (Å²) in [6.45, 7) is 0. The Hall–Kier alpha value is -0.570. The highest BCUT2D eigenvalue weighted by Crippen LogP contribution is 3.06. The summed E-state index contributed by atoms with van der Waals surface area (Å²) in [6.07, 6.45) is 0. The van der Waals surface area contributed by atoms with Crippen molar-refractivity contribution in [1.82, 2.24) is 0 Å². The van der Waals surface area contributed by atoms with Gasteiger partial charge in [-0.15, -0.1) is 0 Å². The second kappa shape index (κ2) is 1.11. The molecule has 0 radical (unpaired) electrons. The Morgan fingerprint density at radius 3 is 2.38 bits per heavy atom. The Kier molecular flexibility index (Phi) is 0.515. The molecule has 3 nitrogen and oxygen atoms in total. The lowest BCUT2D eigenvalue weighted by molar-refractivity contribution is -0.604. The minimum atomic E-state index is -0.0480. The van der Waals surface area contributed by atoms with Gasteiger partial charge in [0.15, 0.2) is 0 Å². The summed E-state index contributed by atoms with van der Waals surface area (Å²) in [5.74, 6) is 4.27. The van der Waals surface area contributed by atoms with Crippen molar-refractivity contribution in [1.29, 1.82) is 0 Å². The van der Waals surface area contributed by atoms with Gasteiger partial charge in [-0.2, -0.15) is 0 Å². The van der Waals surface area contributed by atoms with E-state index in [1.807, 2.05) is 0 Å². The van der Waals surface area contributed by atoms with E-state index in [0.717, 1.165) is 17.8 Å². The molecular formula is C10H11NO2. The minimum Gasteiger partial charge on any atom is -0.469 e. The van der Waals surface area contributed by atoms with E-state index in [4.69, 9.17) is 10.5 Å². The van der Waals surface area contributed by atoms with Crippen molar-refractivity contribution in [2.24, 2.45) is 46.7 Å². The van der Waals surface area contributed by atoms with Crippen molar-refractivity contribution < 1.29 is 9.53 Å². The van der Waals surface area contributed by atoms with Crippen LogP contribution < -0.4 is 5.73 Å². The van der Waals surface area contributed by atoms with Crippen LogP contribution in [-0.2, 0) is 9.53 Å². The number of carbonyl (C=O) groups excluding carboxylic acids is 1. The second-order valence-corrected chi connectivity index (χ2v) is 5.59. The molecule has 4 unspecified atom stereocenters. The minimum absolute atomic E-state index is 0.0409. The first-order valence-corrected chi connectivity index (χ1v) is 5.09.